The number of esters is 1. The van der Waals surface area contributed by atoms with Gasteiger partial charge in [0.15, 0.2) is 0 Å². The molecule has 1 aliphatic rings. The topological polar surface area (TPSA) is 26.3 Å². The molecule has 0 aromatic heterocycles. The molecule has 18 heavy (non-hydrogen) atoms. The van der Waals surface area contributed by atoms with Crippen molar-refractivity contribution in [3.8, 4) is 0 Å². The van der Waals surface area contributed by atoms with E-state index in [2.05, 4.69) is 0 Å². The Labute approximate surface area is 106 Å². The molecule has 2 nitrogen and oxygen atoms in total. The molecule has 1 aliphatic carbocycles. The first-order valence-electron chi connectivity index (χ1n) is 6.38. The second-order valence-electron chi connectivity index (χ2n) is 4.58. The summed E-state index contributed by atoms with van der Waals surface area (Å²) in [6.45, 7) is 0. The molecular formula is C15H17FO2. The number of carbonyl (C=O) groups is 1. The molecule has 2 rings (SSSR count). The Kier molecular flexibility index (Phi) is 4.51. The Hall–Kier alpha value is -1.64. The molecular weight excluding hydrogens is 231 g/mol. The molecule has 1 fully saturated rings. The SMILES string of the molecule is O=C(/C=C/c1ccc(F)cc1)OC1CCCCC1. The van der Waals surface area contributed by atoms with Crippen molar-refractivity contribution in [1.82, 2.24) is 0 Å². The van der Waals surface area contributed by atoms with Crippen molar-refractivity contribution in [2.75, 3.05) is 0 Å². The number of benzene rings is 1. The number of ether oxygens (including phenoxy) is 1. The van der Waals surface area contributed by atoms with Crippen LogP contribution < -0.4 is 0 Å². The molecule has 0 saturated heterocycles. The van der Waals surface area contributed by atoms with Crippen LogP contribution in [-0.2, 0) is 9.53 Å². The molecule has 1 saturated carbocycles. The summed E-state index contributed by atoms with van der Waals surface area (Å²) in [6, 6.07) is 5.98. The molecule has 0 spiro atoms. The summed E-state index contributed by atoms with van der Waals surface area (Å²) in [5.41, 5.74) is 0.789. The molecule has 96 valence electrons. The maximum Gasteiger partial charge on any atom is 0.331 e. The minimum atomic E-state index is -0.314. The summed E-state index contributed by atoms with van der Waals surface area (Å²) >= 11 is 0. The molecule has 0 unspecified atom stereocenters. The summed E-state index contributed by atoms with van der Waals surface area (Å²) in [5, 5.41) is 0. The van der Waals surface area contributed by atoms with E-state index in [-0.39, 0.29) is 17.9 Å². The number of halogens is 1. The van der Waals surface area contributed by atoms with Gasteiger partial charge >= 0.3 is 5.97 Å². The Bertz CT molecular complexity index is 417. The lowest BCUT2D eigenvalue weighted by molar-refractivity contribution is -0.144. The Morgan fingerprint density at radius 1 is 1.17 bits per heavy atom. The summed E-state index contributed by atoms with van der Waals surface area (Å²) in [5.74, 6) is -0.594. The molecule has 0 N–H and O–H groups in total. The van der Waals surface area contributed by atoms with E-state index < -0.39 is 0 Å². The van der Waals surface area contributed by atoms with Gasteiger partial charge in [-0.1, -0.05) is 18.6 Å². The van der Waals surface area contributed by atoms with Gasteiger partial charge in [-0.2, -0.15) is 0 Å². The van der Waals surface area contributed by atoms with Gasteiger partial charge in [-0.15, -0.1) is 0 Å². The van der Waals surface area contributed by atoms with Crippen LogP contribution in [0.5, 0.6) is 0 Å². The van der Waals surface area contributed by atoms with E-state index in [4.69, 9.17) is 4.74 Å². The van der Waals surface area contributed by atoms with Crippen LogP contribution in [-0.4, -0.2) is 12.1 Å². The third kappa shape index (κ3) is 3.99. The lowest BCUT2D eigenvalue weighted by Crippen LogP contribution is -2.19. The van der Waals surface area contributed by atoms with Crippen molar-refractivity contribution in [3.05, 3.63) is 41.7 Å². The number of hydrogen-bond donors (Lipinski definition) is 0. The molecule has 0 aliphatic heterocycles. The van der Waals surface area contributed by atoms with E-state index in [9.17, 15) is 9.18 Å². The second kappa shape index (κ2) is 6.34. The number of hydrogen-bond acceptors (Lipinski definition) is 2. The lowest BCUT2D eigenvalue weighted by Gasteiger charge is -2.20. The highest BCUT2D eigenvalue weighted by molar-refractivity contribution is 5.87. The first kappa shape index (κ1) is 12.8. The molecule has 1 aromatic carbocycles. The summed E-state index contributed by atoms with van der Waals surface area (Å²) in [6.07, 6.45) is 8.57. The molecule has 3 heteroatoms. The fraction of sp³-hybridized carbons (Fsp3) is 0.400. The molecule has 0 bridgehead atoms. The number of carbonyl (C=O) groups excluding carboxylic acids is 1. The highest BCUT2D eigenvalue weighted by Gasteiger charge is 2.16. The standard InChI is InChI=1S/C15H17FO2/c16-13-9-6-12(7-10-13)8-11-15(17)18-14-4-2-1-3-5-14/h6-11,14H,1-5H2/b11-8+. The summed E-state index contributed by atoms with van der Waals surface area (Å²) in [7, 11) is 0. The van der Waals surface area contributed by atoms with E-state index in [1.807, 2.05) is 0 Å². The van der Waals surface area contributed by atoms with Gasteiger partial charge in [-0.25, -0.2) is 9.18 Å². The van der Waals surface area contributed by atoms with Crippen molar-refractivity contribution in [2.45, 2.75) is 38.2 Å². The minimum absolute atomic E-state index is 0.0733. The van der Waals surface area contributed by atoms with Crippen LogP contribution in [0.3, 0.4) is 0 Å². The van der Waals surface area contributed by atoms with E-state index in [0.717, 1.165) is 31.2 Å². The van der Waals surface area contributed by atoms with E-state index >= 15 is 0 Å². The zero-order chi connectivity index (χ0) is 12.8. The zero-order valence-electron chi connectivity index (χ0n) is 10.3. The van der Waals surface area contributed by atoms with Gasteiger partial charge in [0.25, 0.3) is 0 Å². The summed E-state index contributed by atoms with van der Waals surface area (Å²) < 4.78 is 18.0. The molecule has 1 aromatic rings. The van der Waals surface area contributed by atoms with Crippen LogP contribution in [0, 0.1) is 5.82 Å². The van der Waals surface area contributed by atoms with Gasteiger partial charge in [-0.05, 0) is 49.5 Å². The van der Waals surface area contributed by atoms with Gasteiger partial charge < -0.3 is 4.74 Å². The van der Waals surface area contributed by atoms with E-state index in [0.29, 0.717) is 0 Å². The Morgan fingerprint density at radius 3 is 2.50 bits per heavy atom. The second-order valence-corrected chi connectivity index (χ2v) is 4.58. The van der Waals surface area contributed by atoms with Gasteiger partial charge in [0.05, 0.1) is 0 Å². The van der Waals surface area contributed by atoms with Crippen LogP contribution in [0.25, 0.3) is 6.08 Å². The monoisotopic (exact) mass is 248 g/mol. The molecule has 0 amide bonds. The quantitative estimate of drug-likeness (QED) is 0.602. The Morgan fingerprint density at radius 2 is 1.83 bits per heavy atom. The largest absolute Gasteiger partial charge is 0.459 e. The zero-order valence-corrected chi connectivity index (χ0v) is 10.3. The fourth-order valence-electron chi connectivity index (χ4n) is 2.12. The molecule has 0 heterocycles. The van der Waals surface area contributed by atoms with Crippen LogP contribution in [0.4, 0.5) is 4.39 Å². The van der Waals surface area contributed by atoms with Crippen molar-refractivity contribution in [2.24, 2.45) is 0 Å². The minimum Gasteiger partial charge on any atom is -0.459 e. The maximum absolute atomic E-state index is 12.7. The van der Waals surface area contributed by atoms with Gasteiger partial charge in [0, 0.05) is 6.08 Å². The molecule has 0 radical (unpaired) electrons. The van der Waals surface area contributed by atoms with Gasteiger partial charge in [0.2, 0.25) is 0 Å². The third-order valence-corrected chi connectivity index (χ3v) is 3.12. The van der Waals surface area contributed by atoms with Crippen LogP contribution >= 0.6 is 0 Å². The normalized spacial score (nSPS) is 16.9. The smallest absolute Gasteiger partial charge is 0.331 e. The maximum atomic E-state index is 12.7. The van der Waals surface area contributed by atoms with Crippen molar-refractivity contribution in [1.29, 1.82) is 0 Å². The van der Waals surface area contributed by atoms with Crippen molar-refractivity contribution >= 4 is 12.0 Å². The average molecular weight is 248 g/mol. The first-order valence-corrected chi connectivity index (χ1v) is 6.38. The van der Waals surface area contributed by atoms with Crippen LogP contribution in [0.15, 0.2) is 30.3 Å². The predicted octanol–water partition coefficient (Wildman–Crippen LogP) is 3.71. The fourth-order valence-corrected chi connectivity index (χ4v) is 2.12. The highest BCUT2D eigenvalue weighted by Crippen LogP contribution is 2.20. The molecule has 0 atom stereocenters. The van der Waals surface area contributed by atoms with Crippen LogP contribution in [0.1, 0.15) is 37.7 Å². The third-order valence-electron chi connectivity index (χ3n) is 3.12. The van der Waals surface area contributed by atoms with Crippen molar-refractivity contribution < 1.29 is 13.9 Å². The van der Waals surface area contributed by atoms with E-state index in [1.165, 1.54) is 24.6 Å². The number of rotatable bonds is 3. The first-order chi connectivity index (χ1) is 8.74. The van der Waals surface area contributed by atoms with Crippen molar-refractivity contribution in [3.63, 3.8) is 0 Å². The highest BCUT2D eigenvalue weighted by atomic mass is 19.1. The van der Waals surface area contributed by atoms with Gasteiger partial charge in [0.1, 0.15) is 11.9 Å². The lowest BCUT2D eigenvalue weighted by atomic mass is 9.98. The summed E-state index contributed by atoms with van der Waals surface area (Å²) in [4.78, 5) is 11.6. The average Bonchev–Trinajstić information content (AvgIpc) is 2.39. The van der Waals surface area contributed by atoms with E-state index in [1.54, 1.807) is 18.2 Å². The van der Waals surface area contributed by atoms with Gasteiger partial charge in [-0.3, -0.25) is 0 Å². The van der Waals surface area contributed by atoms with Crippen LogP contribution in [0.2, 0.25) is 0 Å². The predicted molar refractivity (Wildman–Crippen MR) is 68.4 cm³/mol. The Balaban J connectivity index is 1.84.